The van der Waals surface area contributed by atoms with Gasteiger partial charge in [-0.05, 0) is 29.3 Å². The number of amides is 1. The van der Waals surface area contributed by atoms with E-state index in [0.717, 1.165) is 36.5 Å². The molecule has 0 radical (unpaired) electrons. The van der Waals surface area contributed by atoms with Crippen molar-refractivity contribution < 1.29 is 9.53 Å². The summed E-state index contributed by atoms with van der Waals surface area (Å²) in [6, 6.07) is 11.9. The monoisotopic (exact) mass is 376 g/mol. The highest BCUT2D eigenvalue weighted by atomic mass is 35.5. The van der Waals surface area contributed by atoms with E-state index >= 15 is 0 Å². The molecule has 1 unspecified atom stereocenters. The van der Waals surface area contributed by atoms with Crippen LogP contribution in [0.5, 0.6) is 5.75 Å². The van der Waals surface area contributed by atoms with Crippen LogP contribution in [-0.4, -0.2) is 49.1 Å². The first-order valence-electron chi connectivity index (χ1n) is 8.50. The maximum atomic E-state index is 12.4. The van der Waals surface area contributed by atoms with Crippen molar-refractivity contribution in [2.75, 3.05) is 33.3 Å². The Balaban J connectivity index is 0.00000243. The molecule has 1 aliphatic heterocycles. The minimum Gasteiger partial charge on any atom is -0.497 e. The van der Waals surface area contributed by atoms with Gasteiger partial charge in [-0.25, -0.2) is 0 Å². The van der Waals surface area contributed by atoms with Gasteiger partial charge in [0.1, 0.15) is 5.75 Å². The molecule has 1 aromatic heterocycles. The molecule has 1 amide bonds. The molecule has 140 valence electrons. The van der Waals surface area contributed by atoms with Crippen LogP contribution in [-0.2, 0) is 11.3 Å². The van der Waals surface area contributed by atoms with Gasteiger partial charge < -0.3 is 15.4 Å². The van der Waals surface area contributed by atoms with Crippen LogP contribution in [0.15, 0.2) is 48.8 Å². The van der Waals surface area contributed by atoms with Gasteiger partial charge in [-0.15, -0.1) is 12.4 Å². The number of carbonyl (C=O) groups excluding carboxylic acids is 1. The van der Waals surface area contributed by atoms with E-state index in [1.54, 1.807) is 13.3 Å². The second-order valence-electron chi connectivity index (χ2n) is 6.10. The Labute approximate surface area is 160 Å². The molecule has 1 fully saturated rings. The van der Waals surface area contributed by atoms with Crippen LogP contribution in [0.4, 0.5) is 0 Å². The molecule has 26 heavy (non-hydrogen) atoms. The lowest BCUT2D eigenvalue weighted by atomic mass is 10.1. The lowest BCUT2D eigenvalue weighted by molar-refractivity contribution is -0.123. The molecule has 1 aliphatic rings. The molecule has 0 aliphatic carbocycles. The number of ether oxygens (including phenoxy) is 1. The molecule has 6 nitrogen and oxygen atoms in total. The third-order valence-corrected chi connectivity index (χ3v) is 4.42. The summed E-state index contributed by atoms with van der Waals surface area (Å²) in [5.74, 6) is 0.849. The average Bonchev–Trinajstić information content (AvgIpc) is 2.68. The van der Waals surface area contributed by atoms with Gasteiger partial charge in [-0.2, -0.15) is 0 Å². The van der Waals surface area contributed by atoms with Gasteiger partial charge >= 0.3 is 0 Å². The molecule has 0 bridgehead atoms. The van der Waals surface area contributed by atoms with E-state index in [1.807, 2.05) is 36.5 Å². The first-order valence-corrected chi connectivity index (χ1v) is 8.50. The molecule has 3 rings (SSSR count). The predicted octanol–water partition coefficient (Wildman–Crippen LogP) is 1.77. The van der Waals surface area contributed by atoms with Crippen LogP contribution in [0.3, 0.4) is 0 Å². The number of carbonyl (C=O) groups is 1. The highest BCUT2D eigenvalue weighted by Crippen LogP contribution is 2.20. The highest BCUT2D eigenvalue weighted by molar-refractivity contribution is 5.85. The molecular weight excluding hydrogens is 352 g/mol. The number of rotatable bonds is 6. The number of nitrogens with zero attached hydrogens (tertiary/aromatic N) is 2. The molecule has 1 aromatic carbocycles. The summed E-state index contributed by atoms with van der Waals surface area (Å²) in [4.78, 5) is 18.8. The molecule has 1 atom stereocenters. The first-order chi connectivity index (χ1) is 12.3. The Morgan fingerprint density at radius 1 is 1.35 bits per heavy atom. The van der Waals surface area contributed by atoms with Crippen LogP contribution in [0, 0.1) is 0 Å². The zero-order chi connectivity index (χ0) is 17.5. The fraction of sp³-hybridized carbons (Fsp3) is 0.368. The van der Waals surface area contributed by atoms with Crippen molar-refractivity contribution in [2.45, 2.75) is 12.6 Å². The standard InChI is InChI=1S/C19H24N4O2.ClH/c1-25-17-6-4-15(5-7-17)11-22-19(24)14-23-10-9-21-13-18(23)16-3-2-8-20-12-16;/h2-8,12,18,21H,9-11,13-14H2,1H3,(H,22,24);1H. The van der Waals surface area contributed by atoms with Gasteiger partial charge in [0, 0.05) is 44.6 Å². The largest absolute Gasteiger partial charge is 0.497 e. The van der Waals surface area contributed by atoms with Crippen molar-refractivity contribution in [1.82, 2.24) is 20.5 Å². The minimum atomic E-state index is 0. The molecular formula is C19H25ClN4O2. The maximum absolute atomic E-state index is 12.4. The molecule has 2 aromatic rings. The lowest BCUT2D eigenvalue weighted by Crippen LogP contribution is -2.49. The van der Waals surface area contributed by atoms with Gasteiger partial charge in [0.2, 0.25) is 5.91 Å². The molecule has 7 heteroatoms. The smallest absolute Gasteiger partial charge is 0.234 e. The second-order valence-corrected chi connectivity index (χ2v) is 6.10. The normalized spacial score (nSPS) is 17.2. The van der Waals surface area contributed by atoms with Crippen LogP contribution < -0.4 is 15.4 Å². The van der Waals surface area contributed by atoms with Crippen molar-refractivity contribution in [3.63, 3.8) is 0 Å². The number of pyridine rings is 1. The van der Waals surface area contributed by atoms with E-state index < -0.39 is 0 Å². The van der Waals surface area contributed by atoms with Gasteiger partial charge in [-0.3, -0.25) is 14.7 Å². The fourth-order valence-corrected chi connectivity index (χ4v) is 3.02. The van der Waals surface area contributed by atoms with Crippen LogP contribution in [0.25, 0.3) is 0 Å². The molecule has 0 saturated carbocycles. The van der Waals surface area contributed by atoms with Gasteiger partial charge in [0.05, 0.1) is 13.7 Å². The van der Waals surface area contributed by atoms with Crippen LogP contribution in [0.1, 0.15) is 17.2 Å². The minimum absolute atomic E-state index is 0. The first kappa shape index (κ1) is 20.2. The Bertz CT molecular complexity index is 682. The Kier molecular flexibility index (Phi) is 7.84. The maximum Gasteiger partial charge on any atom is 0.234 e. The topological polar surface area (TPSA) is 66.5 Å². The fourth-order valence-electron chi connectivity index (χ4n) is 3.02. The summed E-state index contributed by atoms with van der Waals surface area (Å²) in [5, 5.41) is 6.39. The van der Waals surface area contributed by atoms with Crippen molar-refractivity contribution in [3.8, 4) is 5.75 Å². The van der Waals surface area contributed by atoms with E-state index in [-0.39, 0.29) is 24.4 Å². The number of hydrogen-bond donors (Lipinski definition) is 2. The Hall–Kier alpha value is -2.15. The van der Waals surface area contributed by atoms with E-state index in [9.17, 15) is 4.79 Å². The number of halogens is 1. The predicted molar refractivity (Wildman–Crippen MR) is 104 cm³/mol. The lowest BCUT2D eigenvalue weighted by Gasteiger charge is -2.35. The highest BCUT2D eigenvalue weighted by Gasteiger charge is 2.25. The second kappa shape index (κ2) is 10.1. The quantitative estimate of drug-likeness (QED) is 0.804. The average molecular weight is 377 g/mol. The number of nitrogens with one attached hydrogen (secondary N) is 2. The zero-order valence-electron chi connectivity index (χ0n) is 14.9. The summed E-state index contributed by atoms with van der Waals surface area (Å²) in [6.45, 7) is 3.47. The summed E-state index contributed by atoms with van der Waals surface area (Å²) in [7, 11) is 1.64. The zero-order valence-corrected chi connectivity index (χ0v) is 15.7. The van der Waals surface area contributed by atoms with Crippen molar-refractivity contribution in [3.05, 3.63) is 59.9 Å². The Morgan fingerprint density at radius 2 is 2.15 bits per heavy atom. The molecule has 1 saturated heterocycles. The van der Waals surface area contributed by atoms with Crippen molar-refractivity contribution in [2.24, 2.45) is 0 Å². The van der Waals surface area contributed by atoms with Gasteiger partial charge in [0.25, 0.3) is 0 Å². The molecule has 0 spiro atoms. The summed E-state index contributed by atoms with van der Waals surface area (Å²) in [6.07, 6.45) is 3.64. The molecule has 2 N–H and O–H groups in total. The third kappa shape index (κ3) is 5.42. The number of hydrogen-bond acceptors (Lipinski definition) is 5. The van der Waals surface area contributed by atoms with E-state index in [4.69, 9.17) is 4.74 Å². The number of aromatic nitrogens is 1. The van der Waals surface area contributed by atoms with E-state index in [2.05, 4.69) is 26.6 Å². The van der Waals surface area contributed by atoms with E-state index in [0.29, 0.717) is 13.1 Å². The Morgan fingerprint density at radius 3 is 2.85 bits per heavy atom. The van der Waals surface area contributed by atoms with Gasteiger partial charge in [0.15, 0.2) is 0 Å². The number of benzene rings is 1. The van der Waals surface area contributed by atoms with Crippen LogP contribution in [0.2, 0.25) is 0 Å². The van der Waals surface area contributed by atoms with Crippen LogP contribution >= 0.6 is 12.4 Å². The van der Waals surface area contributed by atoms with Crippen molar-refractivity contribution in [1.29, 1.82) is 0 Å². The summed E-state index contributed by atoms with van der Waals surface area (Å²) < 4.78 is 5.14. The van der Waals surface area contributed by atoms with Gasteiger partial charge in [-0.1, -0.05) is 18.2 Å². The molecule has 2 heterocycles. The number of methoxy groups -OCH3 is 1. The third-order valence-electron chi connectivity index (χ3n) is 4.42. The summed E-state index contributed by atoms with van der Waals surface area (Å²) >= 11 is 0. The number of piperazine rings is 1. The SMILES string of the molecule is COc1ccc(CNC(=O)CN2CCNCC2c2cccnc2)cc1.Cl. The van der Waals surface area contributed by atoms with E-state index in [1.165, 1.54) is 0 Å². The van der Waals surface area contributed by atoms with Crippen molar-refractivity contribution >= 4 is 18.3 Å². The summed E-state index contributed by atoms with van der Waals surface area (Å²) in [5.41, 5.74) is 2.19.